The zero-order chi connectivity index (χ0) is 13.0. The van der Waals surface area contributed by atoms with Gasteiger partial charge in [-0.15, -0.1) is 0 Å². The van der Waals surface area contributed by atoms with Crippen LogP contribution in [0.2, 0.25) is 0 Å². The van der Waals surface area contributed by atoms with Gasteiger partial charge < -0.3 is 15.0 Å². The smallest absolute Gasteiger partial charge is 0.275 e. The van der Waals surface area contributed by atoms with Crippen LogP contribution in [0.5, 0.6) is 5.75 Å². The number of rotatable bonds is 5. The van der Waals surface area contributed by atoms with E-state index in [-0.39, 0.29) is 5.69 Å². The van der Waals surface area contributed by atoms with Crippen LogP contribution in [0, 0.1) is 10.1 Å². The number of imidazole rings is 1. The second-order valence-corrected chi connectivity index (χ2v) is 3.57. The molecule has 1 heterocycles. The van der Waals surface area contributed by atoms with Crippen molar-refractivity contribution in [1.29, 1.82) is 0 Å². The average Bonchev–Trinajstić information content (AvgIpc) is 2.89. The minimum Gasteiger partial charge on any atom is -0.496 e. The molecule has 0 unspecified atom stereocenters. The van der Waals surface area contributed by atoms with Crippen LogP contribution in [0.3, 0.4) is 0 Å². The second-order valence-electron chi connectivity index (χ2n) is 3.57. The van der Waals surface area contributed by atoms with Crippen molar-refractivity contribution in [3.8, 4) is 5.75 Å². The summed E-state index contributed by atoms with van der Waals surface area (Å²) < 4.78 is 5.01. The SMILES string of the molecule is COc1cc(NCc2ncc[nH]2)cc([N+](=O)[O-])c1. The zero-order valence-electron chi connectivity index (χ0n) is 9.71. The molecule has 0 bridgehead atoms. The molecule has 2 rings (SSSR count). The highest BCUT2D eigenvalue weighted by atomic mass is 16.6. The second kappa shape index (κ2) is 5.17. The van der Waals surface area contributed by atoms with Crippen molar-refractivity contribution in [2.24, 2.45) is 0 Å². The van der Waals surface area contributed by atoms with E-state index >= 15 is 0 Å². The molecule has 7 heteroatoms. The van der Waals surface area contributed by atoms with Crippen molar-refractivity contribution in [3.05, 3.63) is 46.5 Å². The van der Waals surface area contributed by atoms with Crippen molar-refractivity contribution in [2.75, 3.05) is 12.4 Å². The number of ether oxygens (including phenoxy) is 1. The Balaban J connectivity index is 2.16. The van der Waals surface area contributed by atoms with Crippen molar-refractivity contribution in [1.82, 2.24) is 9.97 Å². The molecule has 7 nitrogen and oxygen atoms in total. The van der Waals surface area contributed by atoms with E-state index in [9.17, 15) is 10.1 Å². The quantitative estimate of drug-likeness (QED) is 0.623. The molecular formula is C11H12N4O3. The van der Waals surface area contributed by atoms with Crippen LogP contribution in [0.1, 0.15) is 5.82 Å². The lowest BCUT2D eigenvalue weighted by molar-refractivity contribution is -0.384. The van der Waals surface area contributed by atoms with Crippen LogP contribution in [0.15, 0.2) is 30.6 Å². The molecule has 94 valence electrons. The van der Waals surface area contributed by atoms with E-state index in [4.69, 9.17) is 4.74 Å². The Morgan fingerprint density at radius 1 is 1.50 bits per heavy atom. The number of nitrogens with zero attached hydrogens (tertiary/aromatic N) is 2. The average molecular weight is 248 g/mol. The third kappa shape index (κ3) is 2.76. The number of non-ortho nitro benzene ring substituents is 1. The van der Waals surface area contributed by atoms with Gasteiger partial charge >= 0.3 is 0 Å². The van der Waals surface area contributed by atoms with Gasteiger partial charge in [0.25, 0.3) is 5.69 Å². The highest BCUT2D eigenvalue weighted by Gasteiger charge is 2.10. The fourth-order valence-corrected chi connectivity index (χ4v) is 1.49. The number of anilines is 1. The molecule has 0 spiro atoms. The van der Waals surface area contributed by atoms with E-state index in [1.165, 1.54) is 19.2 Å². The normalized spacial score (nSPS) is 10.1. The number of benzene rings is 1. The molecule has 0 saturated carbocycles. The lowest BCUT2D eigenvalue weighted by Gasteiger charge is -2.07. The number of aromatic amines is 1. The number of hydrogen-bond donors (Lipinski definition) is 2. The van der Waals surface area contributed by atoms with Gasteiger partial charge in [-0.1, -0.05) is 0 Å². The van der Waals surface area contributed by atoms with Crippen LogP contribution in [-0.2, 0) is 6.54 Å². The van der Waals surface area contributed by atoms with Crippen LogP contribution < -0.4 is 10.1 Å². The third-order valence-corrected chi connectivity index (χ3v) is 2.35. The minimum absolute atomic E-state index is 0.0173. The maximum atomic E-state index is 10.8. The number of H-pyrrole nitrogens is 1. The van der Waals surface area contributed by atoms with Crippen LogP contribution in [0.25, 0.3) is 0 Å². The first-order chi connectivity index (χ1) is 8.69. The van der Waals surface area contributed by atoms with Crippen molar-refractivity contribution in [3.63, 3.8) is 0 Å². The number of methoxy groups -OCH3 is 1. The molecule has 0 fully saturated rings. The Kier molecular flexibility index (Phi) is 3.42. The zero-order valence-corrected chi connectivity index (χ0v) is 9.71. The Morgan fingerprint density at radius 2 is 2.33 bits per heavy atom. The Bertz CT molecular complexity index is 539. The standard InChI is InChI=1S/C11H12N4O3/c1-18-10-5-8(4-9(6-10)15(16)17)14-7-11-12-2-3-13-11/h2-6,14H,7H2,1H3,(H,12,13). The Morgan fingerprint density at radius 3 is 2.94 bits per heavy atom. The lowest BCUT2D eigenvalue weighted by atomic mass is 10.2. The molecular weight excluding hydrogens is 236 g/mol. The summed E-state index contributed by atoms with van der Waals surface area (Å²) in [6.45, 7) is 0.456. The summed E-state index contributed by atoms with van der Waals surface area (Å²) in [6, 6.07) is 4.51. The van der Waals surface area contributed by atoms with Crippen LogP contribution in [-0.4, -0.2) is 22.0 Å². The first kappa shape index (κ1) is 11.9. The topological polar surface area (TPSA) is 93.1 Å². The van der Waals surface area contributed by atoms with Gasteiger partial charge in [0.05, 0.1) is 24.6 Å². The summed E-state index contributed by atoms with van der Waals surface area (Å²) in [5, 5.41) is 13.8. The molecule has 0 aliphatic heterocycles. The molecule has 0 saturated heterocycles. The molecule has 0 radical (unpaired) electrons. The number of nitro groups is 1. The number of aromatic nitrogens is 2. The van der Waals surface area contributed by atoms with E-state index in [2.05, 4.69) is 15.3 Å². The minimum atomic E-state index is -0.458. The number of hydrogen-bond acceptors (Lipinski definition) is 5. The first-order valence-corrected chi connectivity index (χ1v) is 5.24. The van der Waals surface area contributed by atoms with Crippen LogP contribution in [0.4, 0.5) is 11.4 Å². The molecule has 0 atom stereocenters. The third-order valence-electron chi connectivity index (χ3n) is 2.35. The first-order valence-electron chi connectivity index (χ1n) is 5.24. The van der Waals surface area contributed by atoms with Gasteiger partial charge in [0.15, 0.2) is 0 Å². The maximum absolute atomic E-state index is 10.8. The predicted octanol–water partition coefficient (Wildman–Crippen LogP) is 1.94. The lowest BCUT2D eigenvalue weighted by Crippen LogP contribution is -2.02. The molecule has 2 N–H and O–H groups in total. The van der Waals surface area contributed by atoms with Crippen molar-refractivity contribution < 1.29 is 9.66 Å². The van der Waals surface area contributed by atoms with E-state index < -0.39 is 4.92 Å². The van der Waals surface area contributed by atoms with Gasteiger partial charge in [0.2, 0.25) is 0 Å². The van der Waals surface area contributed by atoms with Gasteiger partial charge in [-0.3, -0.25) is 10.1 Å². The van der Waals surface area contributed by atoms with Gasteiger partial charge in [0, 0.05) is 30.2 Å². The summed E-state index contributed by atoms with van der Waals surface area (Å²) in [5.41, 5.74) is 0.591. The van der Waals surface area contributed by atoms with E-state index in [0.29, 0.717) is 18.0 Å². The summed E-state index contributed by atoms with van der Waals surface area (Å²) in [4.78, 5) is 17.3. The summed E-state index contributed by atoms with van der Waals surface area (Å²) in [6.07, 6.45) is 3.36. The highest BCUT2D eigenvalue weighted by Crippen LogP contribution is 2.25. The van der Waals surface area contributed by atoms with Gasteiger partial charge in [0.1, 0.15) is 11.6 Å². The van der Waals surface area contributed by atoms with Gasteiger partial charge in [-0.05, 0) is 0 Å². The Labute approximate surface area is 103 Å². The summed E-state index contributed by atoms with van der Waals surface area (Å²) >= 11 is 0. The predicted molar refractivity (Wildman–Crippen MR) is 65.6 cm³/mol. The monoisotopic (exact) mass is 248 g/mol. The fourth-order valence-electron chi connectivity index (χ4n) is 1.49. The van der Waals surface area contributed by atoms with Gasteiger partial charge in [-0.2, -0.15) is 0 Å². The molecule has 0 amide bonds. The highest BCUT2D eigenvalue weighted by molar-refractivity contribution is 5.56. The summed E-state index contributed by atoms with van der Waals surface area (Å²) in [7, 11) is 1.47. The number of nitro benzene ring substituents is 1. The van der Waals surface area contributed by atoms with E-state index in [0.717, 1.165) is 5.82 Å². The van der Waals surface area contributed by atoms with E-state index in [1.54, 1.807) is 18.5 Å². The summed E-state index contributed by atoms with van der Waals surface area (Å²) in [5.74, 6) is 1.19. The van der Waals surface area contributed by atoms with Crippen molar-refractivity contribution in [2.45, 2.75) is 6.54 Å². The molecule has 0 aliphatic rings. The molecule has 0 aliphatic carbocycles. The van der Waals surface area contributed by atoms with E-state index in [1.807, 2.05) is 0 Å². The number of nitrogens with one attached hydrogen (secondary N) is 2. The van der Waals surface area contributed by atoms with Gasteiger partial charge in [-0.25, -0.2) is 4.98 Å². The van der Waals surface area contributed by atoms with Crippen molar-refractivity contribution >= 4 is 11.4 Å². The Hall–Kier alpha value is -2.57. The molecule has 2 aromatic rings. The molecule has 1 aromatic heterocycles. The molecule has 18 heavy (non-hydrogen) atoms. The largest absolute Gasteiger partial charge is 0.496 e. The van der Waals surface area contributed by atoms with Crippen LogP contribution >= 0.6 is 0 Å². The molecule has 1 aromatic carbocycles. The maximum Gasteiger partial charge on any atom is 0.275 e. The fraction of sp³-hybridized carbons (Fsp3) is 0.182.